The van der Waals surface area contributed by atoms with Crippen LogP contribution in [0, 0.1) is 0 Å². The maximum Gasteiger partial charge on any atom is 0.326 e. The number of carbonyl (C=O) groups excluding carboxylic acids is 4. The molecule has 0 radical (unpaired) electrons. The maximum absolute atomic E-state index is 12.7. The Labute approximate surface area is 362 Å². The highest BCUT2D eigenvalue weighted by molar-refractivity contribution is 5.86. The standard InChI is InChI=1S/C48H83NO11/c1-3-5-7-9-11-13-15-17-19-21-23-25-27-29-31-33-45(53)58-39-41(40-59-46(54)38-36-43(50)49-42(48(56)57)35-37-44(51)52)60-47(55)34-32-30-28-26-24-22-20-18-16-14-12-10-8-6-4-2/h17-20,41-42H,3-16,21-40H2,1-2H3,(H,49,50)(H,51,52)(H,56,57)/t41-,42?/m0/s1. The molecule has 0 spiro atoms. The summed E-state index contributed by atoms with van der Waals surface area (Å²) in [6.45, 7) is 3.81. The molecule has 3 N–H and O–H groups in total. The zero-order chi connectivity index (χ0) is 44.3. The van der Waals surface area contributed by atoms with E-state index in [1.54, 1.807) is 0 Å². The van der Waals surface area contributed by atoms with Gasteiger partial charge in [-0.1, -0.05) is 141 Å². The number of rotatable bonds is 43. The number of aliphatic carboxylic acids is 2. The lowest BCUT2D eigenvalue weighted by molar-refractivity contribution is -0.167. The van der Waals surface area contributed by atoms with E-state index >= 15 is 0 Å². The van der Waals surface area contributed by atoms with E-state index in [0.717, 1.165) is 77.0 Å². The first kappa shape index (κ1) is 56.3. The fourth-order valence-electron chi connectivity index (χ4n) is 6.56. The SMILES string of the molecule is CCCCCCCCC=CCCCCCCCC(=O)OC[C@@H](COC(=O)CCC(=O)NC(CCC(=O)O)C(=O)O)OC(=O)CCCCCCCC=CCCCCCCCC. The van der Waals surface area contributed by atoms with Crippen molar-refractivity contribution in [3.8, 4) is 0 Å². The molecule has 0 heterocycles. The predicted octanol–water partition coefficient (Wildman–Crippen LogP) is 11.3. The number of hydrogen-bond donors (Lipinski definition) is 3. The zero-order valence-electron chi connectivity index (χ0n) is 37.6. The number of ether oxygens (including phenoxy) is 3. The number of unbranched alkanes of at least 4 members (excludes halogenated alkanes) is 22. The molecule has 12 nitrogen and oxygen atoms in total. The fraction of sp³-hybridized carbons (Fsp3) is 0.792. The molecule has 2 atom stereocenters. The number of esters is 3. The highest BCUT2D eigenvalue weighted by Gasteiger charge is 2.23. The third-order valence-corrected chi connectivity index (χ3v) is 10.3. The molecule has 0 bridgehead atoms. The van der Waals surface area contributed by atoms with Gasteiger partial charge in [-0.15, -0.1) is 0 Å². The van der Waals surface area contributed by atoms with Crippen molar-refractivity contribution in [1.82, 2.24) is 5.32 Å². The second-order valence-corrected chi connectivity index (χ2v) is 16.0. The quantitative estimate of drug-likeness (QED) is 0.0230. The van der Waals surface area contributed by atoms with E-state index in [0.29, 0.717) is 12.8 Å². The molecular formula is C48H83NO11. The molecule has 0 rings (SSSR count). The molecule has 1 amide bonds. The van der Waals surface area contributed by atoms with Crippen molar-refractivity contribution in [1.29, 1.82) is 0 Å². The first-order chi connectivity index (χ1) is 29.1. The minimum absolute atomic E-state index is 0.179. The van der Waals surface area contributed by atoms with Gasteiger partial charge in [0.2, 0.25) is 5.91 Å². The van der Waals surface area contributed by atoms with Gasteiger partial charge in [0.15, 0.2) is 6.10 Å². The Morgan fingerprint density at radius 3 is 1.27 bits per heavy atom. The minimum atomic E-state index is -1.41. The van der Waals surface area contributed by atoms with Gasteiger partial charge in [-0.3, -0.25) is 24.0 Å². The molecule has 12 heteroatoms. The summed E-state index contributed by atoms with van der Waals surface area (Å²) in [5.41, 5.74) is 0. The van der Waals surface area contributed by atoms with Crippen LogP contribution in [0.15, 0.2) is 24.3 Å². The van der Waals surface area contributed by atoms with Gasteiger partial charge in [0.05, 0.1) is 6.42 Å². The highest BCUT2D eigenvalue weighted by atomic mass is 16.6. The molecule has 0 aliphatic rings. The average Bonchev–Trinajstić information content (AvgIpc) is 3.22. The summed E-state index contributed by atoms with van der Waals surface area (Å²) in [5, 5.41) is 20.3. The van der Waals surface area contributed by atoms with Crippen molar-refractivity contribution in [3.63, 3.8) is 0 Å². The zero-order valence-corrected chi connectivity index (χ0v) is 37.6. The summed E-state index contributed by atoms with van der Waals surface area (Å²) in [5.74, 6) is -5.04. The molecule has 0 aliphatic carbocycles. The van der Waals surface area contributed by atoms with Crippen molar-refractivity contribution in [2.24, 2.45) is 0 Å². The van der Waals surface area contributed by atoms with Gasteiger partial charge in [-0.25, -0.2) is 4.79 Å². The van der Waals surface area contributed by atoms with E-state index in [-0.39, 0.29) is 45.3 Å². The summed E-state index contributed by atoms with van der Waals surface area (Å²) in [7, 11) is 0. The average molecular weight is 850 g/mol. The van der Waals surface area contributed by atoms with Crippen LogP contribution in [-0.4, -0.2) is 71.3 Å². The Morgan fingerprint density at radius 2 is 0.850 bits per heavy atom. The molecule has 0 saturated heterocycles. The molecule has 1 unspecified atom stereocenters. The van der Waals surface area contributed by atoms with Crippen LogP contribution in [0.1, 0.15) is 219 Å². The van der Waals surface area contributed by atoms with Gasteiger partial charge in [0.25, 0.3) is 0 Å². The van der Waals surface area contributed by atoms with E-state index in [4.69, 9.17) is 19.3 Å². The molecule has 346 valence electrons. The summed E-state index contributed by atoms with van der Waals surface area (Å²) >= 11 is 0. The number of carboxylic acid groups (broad SMARTS) is 2. The van der Waals surface area contributed by atoms with Crippen LogP contribution < -0.4 is 5.32 Å². The van der Waals surface area contributed by atoms with Crippen molar-refractivity contribution in [2.45, 2.75) is 231 Å². The number of allylic oxidation sites excluding steroid dienone is 4. The summed E-state index contributed by atoms with van der Waals surface area (Å²) in [6, 6.07) is -1.41. The normalized spacial score (nSPS) is 12.4. The Bertz CT molecular complexity index is 1180. The van der Waals surface area contributed by atoms with Crippen LogP contribution in [0.3, 0.4) is 0 Å². The van der Waals surface area contributed by atoms with Crippen LogP contribution in [0.25, 0.3) is 0 Å². The Hall–Kier alpha value is -3.70. The second-order valence-electron chi connectivity index (χ2n) is 16.0. The monoisotopic (exact) mass is 850 g/mol. The largest absolute Gasteiger partial charge is 0.481 e. The lowest BCUT2D eigenvalue weighted by atomic mass is 10.1. The molecule has 0 aliphatic heterocycles. The summed E-state index contributed by atoms with van der Waals surface area (Å²) < 4.78 is 16.2. The van der Waals surface area contributed by atoms with Gasteiger partial charge < -0.3 is 29.7 Å². The molecule has 0 aromatic carbocycles. The van der Waals surface area contributed by atoms with Crippen LogP contribution in [0.2, 0.25) is 0 Å². The van der Waals surface area contributed by atoms with Crippen molar-refractivity contribution < 1.29 is 53.2 Å². The van der Waals surface area contributed by atoms with E-state index in [1.165, 1.54) is 77.0 Å². The van der Waals surface area contributed by atoms with Crippen LogP contribution >= 0.6 is 0 Å². The number of amides is 1. The van der Waals surface area contributed by atoms with Gasteiger partial charge >= 0.3 is 29.8 Å². The number of carbonyl (C=O) groups is 6. The van der Waals surface area contributed by atoms with Gasteiger partial charge in [-0.05, 0) is 70.6 Å². The van der Waals surface area contributed by atoms with E-state index in [9.17, 15) is 33.9 Å². The Morgan fingerprint density at radius 1 is 0.467 bits per heavy atom. The molecule has 0 aromatic rings. The van der Waals surface area contributed by atoms with E-state index in [1.807, 2.05) is 0 Å². The lowest BCUT2D eigenvalue weighted by Gasteiger charge is -2.18. The second kappa shape index (κ2) is 42.0. The fourth-order valence-corrected chi connectivity index (χ4v) is 6.56. The predicted molar refractivity (Wildman–Crippen MR) is 236 cm³/mol. The Kier molecular flexibility index (Phi) is 39.4. The molecule has 60 heavy (non-hydrogen) atoms. The summed E-state index contributed by atoms with van der Waals surface area (Å²) in [6.07, 6.45) is 36.7. The van der Waals surface area contributed by atoms with Crippen LogP contribution in [0.4, 0.5) is 0 Å². The molecular weight excluding hydrogens is 767 g/mol. The first-order valence-corrected chi connectivity index (χ1v) is 23.6. The summed E-state index contributed by atoms with van der Waals surface area (Å²) in [4.78, 5) is 72.1. The van der Waals surface area contributed by atoms with E-state index < -0.39 is 54.3 Å². The molecule has 0 saturated carbocycles. The van der Waals surface area contributed by atoms with Crippen molar-refractivity contribution >= 4 is 35.8 Å². The first-order valence-electron chi connectivity index (χ1n) is 23.6. The van der Waals surface area contributed by atoms with Gasteiger partial charge in [0, 0.05) is 25.7 Å². The number of hydrogen-bond acceptors (Lipinski definition) is 9. The number of carboxylic acids is 2. The van der Waals surface area contributed by atoms with Crippen LogP contribution in [0.5, 0.6) is 0 Å². The smallest absolute Gasteiger partial charge is 0.326 e. The number of nitrogens with one attached hydrogen (secondary N) is 1. The molecule has 0 aromatic heterocycles. The Balaban J connectivity index is 4.61. The third kappa shape index (κ3) is 39.7. The van der Waals surface area contributed by atoms with Crippen LogP contribution in [-0.2, 0) is 43.0 Å². The maximum atomic E-state index is 12.7. The highest BCUT2D eigenvalue weighted by Crippen LogP contribution is 2.13. The minimum Gasteiger partial charge on any atom is -0.481 e. The van der Waals surface area contributed by atoms with Crippen molar-refractivity contribution in [2.75, 3.05) is 13.2 Å². The lowest BCUT2D eigenvalue weighted by Crippen LogP contribution is -2.41. The topological polar surface area (TPSA) is 183 Å². The third-order valence-electron chi connectivity index (χ3n) is 10.3. The van der Waals surface area contributed by atoms with Crippen molar-refractivity contribution in [3.05, 3.63) is 24.3 Å². The van der Waals surface area contributed by atoms with E-state index in [2.05, 4.69) is 43.5 Å². The molecule has 0 fully saturated rings. The van der Waals surface area contributed by atoms with Gasteiger partial charge in [-0.2, -0.15) is 0 Å². The van der Waals surface area contributed by atoms with Gasteiger partial charge in [0.1, 0.15) is 19.3 Å².